The Labute approximate surface area is 162 Å². The van der Waals surface area contributed by atoms with E-state index in [0.717, 1.165) is 11.3 Å². The normalized spacial score (nSPS) is 10.8. The van der Waals surface area contributed by atoms with Crippen LogP contribution in [0.3, 0.4) is 0 Å². The molecule has 140 valence electrons. The predicted molar refractivity (Wildman–Crippen MR) is 103 cm³/mol. The van der Waals surface area contributed by atoms with Gasteiger partial charge in [0.1, 0.15) is 11.5 Å². The number of rotatable bonds is 6. The minimum Gasteiger partial charge on any atom is -0.489 e. The summed E-state index contributed by atoms with van der Waals surface area (Å²) in [5.41, 5.74) is 1.41. The fourth-order valence-corrected chi connectivity index (χ4v) is 2.51. The Hall–Kier alpha value is -3.74. The highest BCUT2D eigenvalue weighted by molar-refractivity contribution is 5.59. The zero-order valence-electron chi connectivity index (χ0n) is 15.4. The van der Waals surface area contributed by atoms with Gasteiger partial charge in [0.15, 0.2) is 0 Å². The monoisotopic (exact) mass is 374 g/mol. The molecular weight excluding hydrogens is 356 g/mol. The largest absolute Gasteiger partial charge is 0.489 e. The summed E-state index contributed by atoms with van der Waals surface area (Å²) in [7, 11) is 0. The van der Waals surface area contributed by atoms with Gasteiger partial charge in [0.05, 0.1) is 17.9 Å². The molecule has 7 nitrogen and oxygen atoms in total. The first-order chi connectivity index (χ1) is 13.7. The number of hydrogen-bond acceptors (Lipinski definition) is 7. The number of nitrogens with zero attached hydrogens (tertiary/aromatic N) is 4. The Morgan fingerprint density at radius 3 is 2.50 bits per heavy atom. The van der Waals surface area contributed by atoms with Gasteiger partial charge in [-0.1, -0.05) is 23.4 Å². The van der Waals surface area contributed by atoms with Crippen molar-refractivity contribution in [3.63, 3.8) is 0 Å². The van der Waals surface area contributed by atoms with Crippen LogP contribution in [-0.4, -0.2) is 26.2 Å². The summed E-state index contributed by atoms with van der Waals surface area (Å²) in [5, 5.41) is 4.03. The molecule has 3 heterocycles. The molecule has 0 radical (unpaired) electrons. The van der Waals surface area contributed by atoms with Gasteiger partial charge in [0.2, 0.25) is 11.7 Å². The topological polar surface area (TPSA) is 83.2 Å². The van der Waals surface area contributed by atoms with E-state index in [9.17, 15) is 0 Å². The molecule has 4 rings (SSSR count). The molecular formula is C21H18N4O3. The second kappa shape index (κ2) is 7.87. The smallest absolute Gasteiger partial charge is 0.259 e. The highest BCUT2D eigenvalue weighted by Gasteiger charge is 2.13. The second-order valence-corrected chi connectivity index (χ2v) is 6.30. The van der Waals surface area contributed by atoms with Crippen LogP contribution in [-0.2, 0) is 0 Å². The third-order valence-corrected chi connectivity index (χ3v) is 3.72. The van der Waals surface area contributed by atoms with Crippen molar-refractivity contribution in [3.05, 3.63) is 67.1 Å². The van der Waals surface area contributed by atoms with Crippen molar-refractivity contribution in [2.75, 3.05) is 0 Å². The summed E-state index contributed by atoms with van der Waals surface area (Å²) in [6.07, 6.45) is 5.00. The summed E-state index contributed by atoms with van der Waals surface area (Å²) in [6.45, 7) is 3.91. The standard InChI is InChI=1S/C21H18N4O3/c1-14(2)26-18-10-16(11-22-13-18)21-24-20(25-28-21)15-8-9-19(23-12-15)27-17-6-4-3-5-7-17/h3-14H,1-2H3. The number of hydrogen-bond donors (Lipinski definition) is 0. The summed E-state index contributed by atoms with van der Waals surface area (Å²) < 4.78 is 16.7. The maximum Gasteiger partial charge on any atom is 0.259 e. The summed E-state index contributed by atoms with van der Waals surface area (Å²) in [4.78, 5) is 12.9. The lowest BCUT2D eigenvalue weighted by molar-refractivity contribution is 0.241. The van der Waals surface area contributed by atoms with E-state index in [1.165, 1.54) is 0 Å². The molecule has 0 aliphatic carbocycles. The van der Waals surface area contributed by atoms with Gasteiger partial charge in [-0.2, -0.15) is 4.98 Å². The van der Waals surface area contributed by atoms with Gasteiger partial charge in [0, 0.05) is 24.0 Å². The van der Waals surface area contributed by atoms with Gasteiger partial charge in [-0.15, -0.1) is 0 Å². The van der Waals surface area contributed by atoms with Crippen LogP contribution in [0, 0.1) is 0 Å². The fraction of sp³-hybridized carbons (Fsp3) is 0.143. The molecule has 0 bridgehead atoms. The van der Waals surface area contributed by atoms with Gasteiger partial charge in [-0.05, 0) is 38.1 Å². The third-order valence-electron chi connectivity index (χ3n) is 3.72. The molecule has 1 aromatic carbocycles. The molecule has 0 saturated carbocycles. The first kappa shape index (κ1) is 17.7. The zero-order chi connectivity index (χ0) is 19.3. The first-order valence-corrected chi connectivity index (χ1v) is 8.82. The first-order valence-electron chi connectivity index (χ1n) is 8.82. The van der Waals surface area contributed by atoms with E-state index in [4.69, 9.17) is 14.0 Å². The van der Waals surface area contributed by atoms with Gasteiger partial charge in [0.25, 0.3) is 5.89 Å². The van der Waals surface area contributed by atoms with Crippen molar-refractivity contribution in [2.45, 2.75) is 20.0 Å². The van der Waals surface area contributed by atoms with Crippen molar-refractivity contribution in [1.29, 1.82) is 0 Å². The highest BCUT2D eigenvalue weighted by Crippen LogP contribution is 2.26. The van der Waals surface area contributed by atoms with Crippen molar-refractivity contribution in [2.24, 2.45) is 0 Å². The number of benzene rings is 1. The van der Waals surface area contributed by atoms with Crippen LogP contribution < -0.4 is 9.47 Å². The SMILES string of the molecule is CC(C)Oc1cncc(-c2nc(-c3ccc(Oc4ccccc4)nc3)no2)c1. The lowest BCUT2D eigenvalue weighted by Gasteiger charge is -2.08. The average Bonchev–Trinajstić information content (AvgIpc) is 3.19. The number of pyridine rings is 2. The molecule has 0 atom stereocenters. The Morgan fingerprint density at radius 2 is 1.75 bits per heavy atom. The Kier molecular flexibility index (Phi) is 4.97. The minimum atomic E-state index is 0.0537. The Balaban J connectivity index is 1.51. The molecule has 0 saturated heterocycles. The van der Waals surface area contributed by atoms with E-state index in [2.05, 4.69) is 20.1 Å². The van der Waals surface area contributed by atoms with Gasteiger partial charge >= 0.3 is 0 Å². The molecule has 4 aromatic rings. The van der Waals surface area contributed by atoms with Crippen molar-refractivity contribution < 1.29 is 14.0 Å². The van der Waals surface area contributed by atoms with Crippen LogP contribution in [0.1, 0.15) is 13.8 Å². The fourth-order valence-electron chi connectivity index (χ4n) is 2.51. The van der Waals surface area contributed by atoms with Crippen LogP contribution in [0.15, 0.2) is 71.6 Å². The van der Waals surface area contributed by atoms with E-state index in [0.29, 0.717) is 28.9 Å². The summed E-state index contributed by atoms with van der Waals surface area (Å²) in [6, 6.07) is 14.9. The average molecular weight is 374 g/mol. The molecule has 7 heteroatoms. The third kappa shape index (κ3) is 4.15. The molecule has 0 amide bonds. The summed E-state index contributed by atoms with van der Waals surface area (Å²) in [5.74, 6) is 2.66. The lowest BCUT2D eigenvalue weighted by atomic mass is 10.2. The molecule has 0 spiro atoms. The van der Waals surface area contributed by atoms with Crippen LogP contribution in [0.2, 0.25) is 0 Å². The van der Waals surface area contributed by atoms with Gasteiger partial charge in [-0.3, -0.25) is 4.98 Å². The number of aromatic nitrogens is 4. The van der Waals surface area contributed by atoms with Crippen molar-refractivity contribution >= 4 is 0 Å². The molecule has 3 aromatic heterocycles. The maximum absolute atomic E-state index is 5.69. The Bertz CT molecular complexity index is 1050. The summed E-state index contributed by atoms with van der Waals surface area (Å²) >= 11 is 0. The van der Waals surface area contributed by atoms with Gasteiger partial charge < -0.3 is 14.0 Å². The van der Waals surface area contributed by atoms with E-state index in [1.807, 2.05) is 56.3 Å². The molecule has 0 fully saturated rings. The molecule has 28 heavy (non-hydrogen) atoms. The zero-order valence-corrected chi connectivity index (χ0v) is 15.4. The van der Waals surface area contributed by atoms with Crippen LogP contribution in [0.4, 0.5) is 0 Å². The Morgan fingerprint density at radius 1 is 0.893 bits per heavy atom. The molecule has 0 N–H and O–H groups in total. The van der Waals surface area contributed by atoms with Crippen LogP contribution in [0.5, 0.6) is 17.4 Å². The predicted octanol–water partition coefficient (Wildman–Crippen LogP) is 4.77. The number of para-hydroxylation sites is 1. The van der Waals surface area contributed by atoms with E-state index >= 15 is 0 Å². The maximum atomic E-state index is 5.69. The lowest BCUT2D eigenvalue weighted by Crippen LogP contribution is -2.05. The van der Waals surface area contributed by atoms with Crippen molar-refractivity contribution in [3.8, 4) is 40.2 Å². The molecule has 0 unspecified atom stereocenters. The van der Waals surface area contributed by atoms with Crippen LogP contribution in [0.25, 0.3) is 22.8 Å². The molecule has 0 aliphatic rings. The second-order valence-electron chi connectivity index (χ2n) is 6.30. The highest BCUT2D eigenvalue weighted by atomic mass is 16.5. The quantitative estimate of drug-likeness (QED) is 0.480. The van der Waals surface area contributed by atoms with Crippen molar-refractivity contribution in [1.82, 2.24) is 20.1 Å². The minimum absolute atomic E-state index is 0.0537. The van der Waals surface area contributed by atoms with E-state index in [-0.39, 0.29) is 6.10 Å². The van der Waals surface area contributed by atoms with Gasteiger partial charge in [-0.25, -0.2) is 4.98 Å². The molecule has 0 aliphatic heterocycles. The number of ether oxygens (including phenoxy) is 2. The van der Waals surface area contributed by atoms with E-state index < -0.39 is 0 Å². The van der Waals surface area contributed by atoms with E-state index in [1.54, 1.807) is 24.7 Å². The van der Waals surface area contributed by atoms with Crippen LogP contribution >= 0.6 is 0 Å².